The smallest absolute Gasteiger partial charge is 0.0471 e. The first-order chi connectivity index (χ1) is 9.29. The van der Waals surface area contributed by atoms with Gasteiger partial charge in [0.05, 0.1) is 0 Å². The van der Waals surface area contributed by atoms with Crippen molar-refractivity contribution >= 4 is 17.3 Å². The van der Waals surface area contributed by atoms with Crippen LogP contribution < -0.4 is 10.6 Å². The Labute approximate surface area is 120 Å². The molecule has 0 unspecified atom stereocenters. The van der Waals surface area contributed by atoms with Gasteiger partial charge < -0.3 is 10.6 Å². The predicted octanol–water partition coefficient (Wildman–Crippen LogP) is 3.96. The second kappa shape index (κ2) is 5.72. The first kappa shape index (κ1) is 13.3. The number of halogens is 1. The molecule has 0 radical (unpaired) electrons. The topological polar surface area (TPSA) is 29.3 Å². The fourth-order valence-electron chi connectivity index (χ4n) is 3.83. The highest BCUT2D eigenvalue weighted by atomic mass is 35.5. The van der Waals surface area contributed by atoms with Crippen LogP contribution in [0, 0.1) is 5.92 Å². The predicted molar refractivity (Wildman–Crippen MR) is 81.7 cm³/mol. The van der Waals surface area contributed by atoms with E-state index in [2.05, 4.69) is 23.1 Å². The number of anilines is 1. The molecule has 3 heteroatoms. The van der Waals surface area contributed by atoms with Gasteiger partial charge in [-0.25, -0.2) is 0 Å². The summed E-state index contributed by atoms with van der Waals surface area (Å²) >= 11 is 6.32. The molecule has 0 amide bonds. The zero-order valence-corrected chi connectivity index (χ0v) is 12.2. The molecule has 0 bridgehead atoms. The highest BCUT2D eigenvalue weighted by Crippen LogP contribution is 2.38. The number of fused-ring (bicyclic) bond motifs is 1. The van der Waals surface area contributed by atoms with Crippen molar-refractivity contribution < 1.29 is 0 Å². The standard InChI is InChI=1S/C16H23ClN2/c17-15-10-14(8-7-13(15)11-18)19-9-3-5-12-4-1-2-6-16(12)19/h7-8,10,12,16H,1-6,9,11,18H2/t12-,16-/m1/s1. The molecule has 1 aliphatic heterocycles. The Hall–Kier alpha value is -0.730. The van der Waals surface area contributed by atoms with Gasteiger partial charge in [-0.1, -0.05) is 30.5 Å². The van der Waals surface area contributed by atoms with Crippen LogP contribution in [0.15, 0.2) is 18.2 Å². The van der Waals surface area contributed by atoms with Crippen molar-refractivity contribution in [1.29, 1.82) is 0 Å². The Kier molecular flexibility index (Phi) is 3.99. The lowest BCUT2D eigenvalue weighted by Gasteiger charge is -2.45. The van der Waals surface area contributed by atoms with Crippen LogP contribution >= 0.6 is 11.6 Å². The zero-order chi connectivity index (χ0) is 13.2. The van der Waals surface area contributed by atoms with E-state index >= 15 is 0 Å². The summed E-state index contributed by atoms with van der Waals surface area (Å²) in [6, 6.07) is 7.14. The van der Waals surface area contributed by atoms with Gasteiger partial charge in [0.15, 0.2) is 0 Å². The van der Waals surface area contributed by atoms with Gasteiger partial charge in [-0.05, 0) is 49.3 Å². The molecular formula is C16H23ClN2. The van der Waals surface area contributed by atoms with E-state index in [-0.39, 0.29) is 0 Å². The maximum Gasteiger partial charge on any atom is 0.0471 e. The maximum atomic E-state index is 6.32. The Morgan fingerprint density at radius 2 is 1.95 bits per heavy atom. The van der Waals surface area contributed by atoms with E-state index in [0.29, 0.717) is 6.54 Å². The number of nitrogens with two attached hydrogens (primary N) is 1. The second-order valence-electron chi connectivity index (χ2n) is 5.93. The lowest BCUT2D eigenvalue weighted by molar-refractivity contribution is 0.244. The highest BCUT2D eigenvalue weighted by molar-refractivity contribution is 6.31. The van der Waals surface area contributed by atoms with Crippen molar-refractivity contribution in [3.63, 3.8) is 0 Å². The molecule has 104 valence electrons. The number of hydrogen-bond acceptors (Lipinski definition) is 2. The molecule has 2 nitrogen and oxygen atoms in total. The molecule has 19 heavy (non-hydrogen) atoms. The minimum atomic E-state index is 0.519. The van der Waals surface area contributed by atoms with Crippen LogP contribution in [-0.4, -0.2) is 12.6 Å². The molecule has 1 aromatic carbocycles. The summed E-state index contributed by atoms with van der Waals surface area (Å²) in [7, 11) is 0. The molecule has 0 spiro atoms. The molecule has 1 aliphatic carbocycles. The Morgan fingerprint density at radius 3 is 2.74 bits per heavy atom. The van der Waals surface area contributed by atoms with Gasteiger partial charge in [-0.15, -0.1) is 0 Å². The normalized spacial score (nSPS) is 27.2. The molecule has 2 aliphatic rings. The van der Waals surface area contributed by atoms with Crippen molar-refractivity contribution in [1.82, 2.24) is 0 Å². The number of nitrogens with zero attached hydrogens (tertiary/aromatic N) is 1. The van der Waals surface area contributed by atoms with Crippen LogP contribution in [0.1, 0.15) is 44.1 Å². The summed E-state index contributed by atoms with van der Waals surface area (Å²) < 4.78 is 0. The number of hydrogen-bond donors (Lipinski definition) is 1. The Bertz CT molecular complexity index is 444. The number of benzene rings is 1. The largest absolute Gasteiger partial charge is 0.368 e. The summed E-state index contributed by atoms with van der Waals surface area (Å²) in [6.45, 7) is 1.70. The fourth-order valence-corrected chi connectivity index (χ4v) is 4.08. The molecule has 1 heterocycles. The van der Waals surface area contributed by atoms with Crippen molar-refractivity contribution in [3.05, 3.63) is 28.8 Å². The van der Waals surface area contributed by atoms with E-state index in [0.717, 1.165) is 22.5 Å². The average Bonchev–Trinajstić information content (AvgIpc) is 2.46. The minimum Gasteiger partial charge on any atom is -0.368 e. The Morgan fingerprint density at radius 1 is 1.16 bits per heavy atom. The Balaban J connectivity index is 1.85. The third-order valence-electron chi connectivity index (χ3n) is 4.83. The average molecular weight is 279 g/mol. The van der Waals surface area contributed by atoms with Gasteiger partial charge in [-0.3, -0.25) is 0 Å². The lowest BCUT2D eigenvalue weighted by atomic mass is 9.78. The van der Waals surface area contributed by atoms with Crippen molar-refractivity contribution in [2.24, 2.45) is 11.7 Å². The molecule has 1 aromatic rings. The van der Waals surface area contributed by atoms with Crippen LogP contribution in [-0.2, 0) is 6.54 Å². The molecule has 0 aromatic heterocycles. The van der Waals surface area contributed by atoms with E-state index < -0.39 is 0 Å². The van der Waals surface area contributed by atoms with E-state index in [9.17, 15) is 0 Å². The number of piperidine rings is 1. The highest BCUT2D eigenvalue weighted by Gasteiger charge is 2.33. The van der Waals surface area contributed by atoms with Gasteiger partial charge in [-0.2, -0.15) is 0 Å². The monoisotopic (exact) mass is 278 g/mol. The van der Waals surface area contributed by atoms with E-state index in [1.807, 2.05) is 0 Å². The van der Waals surface area contributed by atoms with Crippen molar-refractivity contribution in [3.8, 4) is 0 Å². The summed E-state index contributed by atoms with van der Waals surface area (Å²) in [4.78, 5) is 2.60. The first-order valence-electron chi connectivity index (χ1n) is 7.54. The van der Waals surface area contributed by atoms with Gasteiger partial charge in [0, 0.05) is 29.8 Å². The second-order valence-corrected chi connectivity index (χ2v) is 6.33. The van der Waals surface area contributed by atoms with Gasteiger partial charge in [0.25, 0.3) is 0 Å². The van der Waals surface area contributed by atoms with Crippen molar-refractivity contribution in [2.45, 2.75) is 51.1 Å². The van der Waals surface area contributed by atoms with Gasteiger partial charge >= 0.3 is 0 Å². The van der Waals surface area contributed by atoms with Crippen LogP contribution in [0.5, 0.6) is 0 Å². The third-order valence-corrected chi connectivity index (χ3v) is 5.18. The summed E-state index contributed by atoms with van der Waals surface area (Å²) in [5.74, 6) is 0.899. The molecule has 2 atom stereocenters. The lowest BCUT2D eigenvalue weighted by Crippen LogP contribution is -2.46. The molecular weight excluding hydrogens is 256 g/mol. The van der Waals surface area contributed by atoms with E-state index in [1.54, 1.807) is 0 Å². The van der Waals surface area contributed by atoms with E-state index in [4.69, 9.17) is 17.3 Å². The molecule has 1 saturated heterocycles. The summed E-state index contributed by atoms with van der Waals surface area (Å²) in [5, 5.41) is 0.818. The van der Waals surface area contributed by atoms with E-state index in [1.165, 1.54) is 50.8 Å². The quantitative estimate of drug-likeness (QED) is 0.887. The van der Waals surface area contributed by atoms with Crippen LogP contribution in [0.2, 0.25) is 5.02 Å². The molecule has 2 fully saturated rings. The fraction of sp³-hybridized carbons (Fsp3) is 0.625. The van der Waals surface area contributed by atoms with Crippen LogP contribution in [0.4, 0.5) is 5.69 Å². The van der Waals surface area contributed by atoms with Crippen LogP contribution in [0.3, 0.4) is 0 Å². The SMILES string of the molecule is NCc1ccc(N2CCC[C@H]3CCCC[C@H]32)cc1Cl. The maximum absolute atomic E-state index is 6.32. The summed E-state index contributed by atoms with van der Waals surface area (Å²) in [5.41, 5.74) is 8.02. The minimum absolute atomic E-state index is 0.519. The third kappa shape index (κ3) is 2.61. The van der Waals surface area contributed by atoms with Gasteiger partial charge in [0.1, 0.15) is 0 Å². The van der Waals surface area contributed by atoms with Gasteiger partial charge in [0.2, 0.25) is 0 Å². The van der Waals surface area contributed by atoms with Crippen LogP contribution in [0.25, 0.3) is 0 Å². The molecule has 2 N–H and O–H groups in total. The molecule has 1 saturated carbocycles. The zero-order valence-electron chi connectivity index (χ0n) is 11.4. The summed E-state index contributed by atoms with van der Waals surface area (Å²) in [6.07, 6.45) is 8.29. The first-order valence-corrected chi connectivity index (χ1v) is 7.92. The van der Waals surface area contributed by atoms with Crippen molar-refractivity contribution in [2.75, 3.05) is 11.4 Å². The number of rotatable bonds is 2. The molecule has 3 rings (SSSR count).